The molecule has 0 radical (unpaired) electrons. The lowest BCUT2D eigenvalue weighted by Gasteiger charge is -2.45. The van der Waals surface area contributed by atoms with Crippen LogP contribution in [0.1, 0.15) is 33.6 Å². The van der Waals surface area contributed by atoms with E-state index in [0.29, 0.717) is 19.0 Å². The molecule has 1 aromatic rings. The van der Waals surface area contributed by atoms with E-state index < -0.39 is 0 Å². The number of hydrogen-bond donors (Lipinski definition) is 1. The molecule has 0 saturated carbocycles. The zero-order valence-corrected chi connectivity index (χ0v) is 17.9. The van der Waals surface area contributed by atoms with E-state index in [9.17, 15) is 4.79 Å². The SMILES string of the molecule is CC1CC(C)(C)NC(=S)N1CCC(=O)N1CCN(c2ccccc2Cl)CC1. The Morgan fingerprint density at radius 3 is 2.56 bits per heavy atom. The van der Waals surface area contributed by atoms with Crippen molar-refractivity contribution in [2.75, 3.05) is 37.6 Å². The second-order valence-corrected chi connectivity index (χ2v) is 8.92. The molecular weight excluding hydrogens is 380 g/mol. The van der Waals surface area contributed by atoms with Crippen molar-refractivity contribution in [3.63, 3.8) is 0 Å². The molecular formula is C20H29ClN4OS. The minimum atomic E-state index is 0.0199. The van der Waals surface area contributed by atoms with Gasteiger partial charge in [-0.15, -0.1) is 0 Å². The Morgan fingerprint density at radius 2 is 1.93 bits per heavy atom. The van der Waals surface area contributed by atoms with Gasteiger partial charge < -0.3 is 20.0 Å². The lowest BCUT2D eigenvalue weighted by atomic mass is 9.93. The third-order valence-electron chi connectivity index (χ3n) is 5.44. The number of para-hydroxylation sites is 1. The zero-order valence-electron chi connectivity index (χ0n) is 16.4. The maximum Gasteiger partial charge on any atom is 0.224 e. The summed E-state index contributed by atoms with van der Waals surface area (Å²) in [6, 6.07) is 8.22. The quantitative estimate of drug-likeness (QED) is 0.775. The predicted molar refractivity (Wildman–Crippen MR) is 115 cm³/mol. The van der Waals surface area contributed by atoms with Crippen molar-refractivity contribution in [3.8, 4) is 0 Å². The molecule has 1 amide bonds. The van der Waals surface area contributed by atoms with Crippen molar-refractivity contribution in [2.45, 2.75) is 45.2 Å². The number of anilines is 1. The summed E-state index contributed by atoms with van der Waals surface area (Å²) in [5, 5.41) is 4.91. The van der Waals surface area contributed by atoms with E-state index in [1.54, 1.807) is 0 Å². The first-order chi connectivity index (χ1) is 12.8. The number of rotatable bonds is 4. The maximum absolute atomic E-state index is 12.7. The molecule has 1 aromatic carbocycles. The minimum absolute atomic E-state index is 0.0199. The fourth-order valence-corrected chi connectivity index (χ4v) is 4.87. The molecule has 1 N–H and O–H groups in total. The Kier molecular flexibility index (Phi) is 6.16. The molecule has 2 heterocycles. The normalized spacial score (nSPS) is 22.6. The van der Waals surface area contributed by atoms with Crippen molar-refractivity contribution < 1.29 is 4.79 Å². The van der Waals surface area contributed by atoms with Crippen molar-refractivity contribution in [1.82, 2.24) is 15.1 Å². The maximum atomic E-state index is 12.7. The summed E-state index contributed by atoms with van der Waals surface area (Å²) >= 11 is 11.8. The summed E-state index contributed by atoms with van der Waals surface area (Å²) in [4.78, 5) is 19.0. The summed E-state index contributed by atoms with van der Waals surface area (Å²) in [5.74, 6) is 0.202. The number of benzene rings is 1. The molecule has 148 valence electrons. The lowest BCUT2D eigenvalue weighted by molar-refractivity contribution is -0.131. The second kappa shape index (κ2) is 8.23. The van der Waals surface area contributed by atoms with Crippen LogP contribution >= 0.6 is 23.8 Å². The summed E-state index contributed by atoms with van der Waals surface area (Å²) < 4.78 is 0. The van der Waals surface area contributed by atoms with Crippen LogP contribution in [0.3, 0.4) is 0 Å². The zero-order chi connectivity index (χ0) is 19.6. The molecule has 5 nitrogen and oxygen atoms in total. The Bertz CT molecular complexity index is 703. The van der Waals surface area contributed by atoms with E-state index in [-0.39, 0.29) is 11.4 Å². The number of piperazine rings is 1. The van der Waals surface area contributed by atoms with Crippen molar-refractivity contribution in [1.29, 1.82) is 0 Å². The molecule has 2 aliphatic heterocycles. The van der Waals surface area contributed by atoms with Gasteiger partial charge in [-0.1, -0.05) is 23.7 Å². The number of carbonyl (C=O) groups is 1. The molecule has 2 aliphatic rings. The highest BCUT2D eigenvalue weighted by molar-refractivity contribution is 7.80. The number of nitrogens with zero attached hydrogens (tertiary/aromatic N) is 3. The first kappa shape index (κ1) is 20.2. The van der Waals surface area contributed by atoms with Crippen LogP contribution in [0, 0.1) is 0 Å². The van der Waals surface area contributed by atoms with Gasteiger partial charge in [0.2, 0.25) is 5.91 Å². The molecule has 3 rings (SSSR count). The molecule has 2 fully saturated rings. The molecule has 1 atom stereocenters. The van der Waals surface area contributed by atoms with Gasteiger partial charge >= 0.3 is 0 Å². The van der Waals surface area contributed by atoms with E-state index in [0.717, 1.165) is 48.4 Å². The number of carbonyl (C=O) groups excluding carboxylic acids is 1. The summed E-state index contributed by atoms with van der Waals surface area (Å²) in [7, 11) is 0. The standard InChI is InChI=1S/C20H29ClN4OS/c1-15-14-20(2,3)22-19(27)25(15)9-8-18(26)24-12-10-23(11-13-24)17-7-5-4-6-16(17)21/h4-7,15H,8-14H2,1-3H3,(H,22,27). The average molecular weight is 409 g/mol. The van der Waals surface area contributed by atoms with Crippen LogP contribution in [-0.4, -0.2) is 65.1 Å². The first-order valence-electron chi connectivity index (χ1n) is 9.63. The topological polar surface area (TPSA) is 38.8 Å². The molecule has 7 heteroatoms. The molecule has 27 heavy (non-hydrogen) atoms. The van der Waals surface area contributed by atoms with E-state index in [1.807, 2.05) is 29.2 Å². The second-order valence-electron chi connectivity index (χ2n) is 8.13. The van der Waals surface area contributed by atoms with Crippen LogP contribution in [0.25, 0.3) is 0 Å². The van der Waals surface area contributed by atoms with Crippen LogP contribution in [0.5, 0.6) is 0 Å². The molecule has 0 aliphatic carbocycles. The molecule has 0 aromatic heterocycles. The number of nitrogens with one attached hydrogen (secondary N) is 1. The van der Waals surface area contributed by atoms with Crippen LogP contribution < -0.4 is 10.2 Å². The fourth-order valence-electron chi connectivity index (χ4n) is 4.06. The smallest absolute Gasteiger partial charge is 0.224 e. The average Bonchev–Trinajstić information content (AvgIpc) is 2.60. The van der Waals surface area contributed by atoms with Crippen LogP contribution in [-0.2, 0) is 4.79 Å². The third-order valence-corrected chi connectivity index (χ3v) is 6.09. The van der Waals surface area contributed by atoms with Gasteiger partial charge in [0.15, 0.2) is 5.11 Å². The summed E-state index contributed by atoms with van der Waals surface area (Å²) in [5.41, 5.74) is 1.07. The number of amides is 1. The highest BCUT2D eigenvalue weighted by Gasteiger charge is 2.33. The van der Waals surface area contributed by atoms with Crippen molar-refractivity contribution >= 4 is 40.5 Å². The molecule has 2 saturated heterocycles. The summed E-state index contributed by atoms with van der Waals surface area (Å²) in [6.45, 7) is 10.3. The molecule has 0 spiro atoms. The Hall–Kier alpha value is -1.53. The molecule has 0 bridgehead atoms. The fraction of sp³-hybridized carbons (Fsp3) is 0.600. The Balaban J connectivity index is 1.49. The van der Waals surface area contributed by atoms with Gasteiger partial charge in [0.25, 0.3) is 0 Å². The molecule has 1 unspecified atom stereocenters. The van der Waals surface area contributed by atoms with E-state index >= 15 is 0 Å². The van der Waals surface area contributed by atoms with Gasteiger partial charge in [-0.25, -0.2) is 0 Å². The highest BCUT2D eigenvalue weighted by Crippen LogP contribution is 2.26. The van der Waals surface area contributed by atoms with Gasteiger partial charge in [-0.05, 0) is 51.5 Å². The van der Waals surface area contributed by atoms with Crippen LogP contribution in [0.2, 0.25) is 5.02 Å². The third kappa shape index (κ3) is 4.85. The lowest BCUT2D eigenvalue weighted by Crippen LogP contribution is -2.60. The number of halogens is 1. The van der Waals surface area contributed by atoms with Crippen molar-refractivity contribution in [3.05, 3.63) is 29.3 Å². The number of hydrogen-bond acceptors (Lipinski definition) is 3. The monoisotopic (exact) mass is 408 g/mol. The van der Waals surface area contributed by atoms with E-state index in [4.69, 9.17) is 23.8 Å². The largest absolute Gasteiger partial charge is 0.367 e. The minimum Gasteiger partial charge on any atom is -0.367 e. The van der Waals surface area contributed by atoms with Gasteiger partial charge in [0.05, 0.1) is 10.7 Å². The first-order valence-corrected chi connectivity index (χ1v) is 10.4. The van der Waals surface area contributed by atoms with Crippen LogP contribution in [0.15, 0.2) is 24.3 Å². The van der Waals surface area contributed by atoms with Crippen molar-refractivity contribution in [2.24, 2.45) is 0 Å². The van der Waals surface area contributed by atoms with Gasteiger partial charge in [-0.2, -0.15) is 0 Å². The van der Waals surface area contributed by atoms with Gasteiger partial charge in [0.1, 0.15) is 0 Å². The van der Waals surface area contributed by atoms with Gasteiger partial charge in [0, 0.05) is 50.7 Å². The number of thiocarbonyl (C=S) groups is 1. The summed E-state index contributed by atoms with van der Waals surface area (Å²) in [6.07, 6.45) is 1.51. The Labute approximate surface area is 172 Å². The Morgan fingerprint density at radius 1 is 1.26 bits per heavy atom. The van der Waals surface area contributed by atoms with Crippen LogP contribution in [0.4, 0.5) is 5.69 Å². The van der Waals surface area contributed by atoms with E-state index in [2.05, 4.69) is 35.9 Å². The highest BCUT2D eigenvalue weighted by atomic mass is 35.5. The predicted octanol–water partition coefficient (Wildman–Crippen LogP) is 3.13. The van der Waals surface area contributed by atoms with Gasteiger partial charge in [-0.3, -0.25) is 4.79 Å². The van der Waals surface area contributed by atoms with E-state index in [1.165, 1.54) is 0 Å².